The van der Waals surface area contributed by atoms with Gasteiger partial charge in [-0.15, -0.1) is 0 Å². The van der Waals surface area contributed by atoms with Crippen molar-refractivity contribution in [2.45, 2.75) is 18.9 Å². The van der Waals surface area contributed by atoms with E-state index in [9.17, 15) is 19.5 Å². The molecule has 2 N–H and O–H groups in total. The van der Waals surface area contributed by atoms with Crippen molar-refractivity contribution in [3.05, 3.63) is 41.1 Å². The van der Waals surface area contributed by atoms with E-state index in [1.54, 1.807) is 36.7 Å². The lowest BCUT2D eigenvalue weighted by Crippen LogP contribution is -2.44. The van der Waals surface area contributed by atoms with Crippen molar-refractivity contribution >= 4 is 63.3 Å². The number of rotatable bonds is 6. The predicted octanol–water partition coefficient (Wildman–Crippen LogP) is 2.15. The van der Waals surface area contributed by atoms with Crippen LogP contribution < -0.4 is 0 Å². The lowest BCUT2D eigenvalue weighted by atomic mass is 10.1. The Morgan fingerprint density at radius 1 is 1.22 bits per heavy atom. The average molecular weight is 403 g/mol. The van der Waals surface area contributed by atoms with Crippen LogP contribution in [0.3, 0.4) is 0 Å². The Balaban J connectivity index is 1.88. The lowest BCUT2D eigenvalue weighted by molar-refractivity contribution is -0.146. The molecule has 10 heteroatoms. The molecule has 0 bridgehead atoms. The summed E-state index contributed by atoms with van der Waals surface area (Å²) in [6, 6.07) is 3.97. The quantitative estimate of drug-likeness (QED) is 0.552. The minimum absolute atomic E-state index is 0.0876. The fourth-order valence-corrected chi connectivity index (χ4v) is 3.95. The van der Waals surface area contributed by atoms with Crippen molar-refractivity contribution < 1.29 is 24.6 Å². The first kappa shape index (κ1) is 18.9. The van der Waals surface area contributed by atoms with Gasteiger partial charge in [-0.1, -0.05) is 30.0 Å². The van der Waals surface area contributed by atoms with Crippen LogP contribution in [0.15, 0.2) is 35.5 Å². The van der Waals surface area contributed by atoms with Gasteiger partial charge in [0.05, 0.1) is 15.9 Å². The SMILES string of the molecule is O=C(O)CC[C@H](C(=O)O)N1C(=O)/C(=C/c2ccc3nccnc3c2)SC1=S. The number of benzene rings is 1. The van der Waals surface area contributed by atoms with Gasteiger partial charge in [0.25, 0.3) is 5.91 Å². The maximum absolute atomic E-state index is 12.7. The van der Waals surface area contributed by atoms with Gasteiger partial charge in [-0.05, 0) is 30.2 Å². The molecular weight excluding hydrogens is 390 g/mol. The Morgan fingerprint density at radius 2 is 1.93 bits per heavy atom. The Labute approximate surface area is 162 Å². The van der Waals surface area contributed by atoms with Crippen molar-refractivity contribution in [1.82, 2.24) is 14.9 Å². The zero-order chi connectivity index (χ0) is 19.6. The number of carbonyl (C=O) groups is 3. The number of aromatic nitrogens is 2. The van der Waals surface area contributed by atoms with E-state index in [0.29, 0.717) is 16.6 Å². The van der Waals surface area contributed by atoms with Crippen molar-refractivity contribution in [1.29, 1.82) is 0 Å². The number of carboxylic acid groups (broad SMARTS) is 2. The molecule has 1 atom stereocenters. The molecule has 1 aromatic carbocycles. The van der Waals surface area contributed by atoms with Crippen LogP contribution >= 0.6 is 24.0 Å². The first-order valence-corrected chi connectivity index (χ1v) is 9.01. The Kier molecular flexibility index (Phi) is 5.47. The van der Waals surface area contributed by atoms with E-state index in [-0.39, 0.29) is 22.1 Å². The highest BCUT2D eigenvalue weighted by atomic mass is 32.2. The van der Waals surface area contributed by atoms with Gasteiger partial charge in [-0.2, -0.15) is 0 Å². The number of thiocarbonyl (C=S) groups is 1. The number of carbonyl (C=O) groups excluding carboxylic acids is 1. The standard InChI is InChI=1S/C17H13N3O5S2/c21-14(22)4-3-12(16(24)25)20-15(23)13(27-17(20)26)8-9-1-2-10-11(7-9)19-6-5-18-10/h1-2,5-8,12H,3-4H2,(H,21,22)(H,24,25)/b13-8-/t12-/m1/s1. The number of carboxylic acids is 2. The number of amides is 1. The van der Waals surface area contributed by atoms with E-state index in [2.05, 4.69) is 9.97 Å². The van der Waals surface area contributed by atoms with Crippen LogP contribution in [0.4, 0.5) is 0 Å². The van der Waals surface area contributed by atoms with E-state index >= 15 is 0 Å². The second-order valence-electron chi connectivity index (χ2n) is 5.64. The number of nitrogens with zero attached hydrogens (tertiary/aromatic N) is 3. The van der Waals surface area contributed by atoms with Crippen LogP contribution in [0.25, 0.3) is 17.1 Å². The molecule has 2 heterocycles. The molecule has 138 valence electrons. The third-order valence-electron chi connectivity index (χ3n) is 3.84. The highest BCUT2D eigenvalue weighted by Gasteiger charge is 2.40. The van der Waals surface area contributed by atoms with Gasteiger partial charge in [0.1, 0.15) is 10.4 Å². The molecule has 1 saturated heterocycles. The van der Waals surface area contributed by atoms with Crippen LogP contribution in [0.5, 0.6) is 0 Å². The fraction of sp³-hybridized carbons (Fsp3) is 0.176. The van der Waals surface area contributed by atoms with E-state index < -0.39 is 23.9 Å². The first-order chi connectivity index (χ1) is 12.9. The molecule has 3 rings (SSSR count). The lowest BCUT2D eigenvalue weighted by Gasteiger charge is -2.22. The summed E-state index contributed by atoms with van der Waals surface area (Å²) in [6.45, 7) is 0. The van der Waals surface area contributed by atoms with E-state index in [0.717, 1.165) is 16.7 Å². The molecule has 0 aliphatic carbocycles. The monoisotopic (exact) mass is 403 g/mol. The molecule has 1 aliphatic heterocycles. The Hall–Kier alpha value is -2.85. The second-order valence-corrected chi connectivity index (χ2v) is 7.32. The van der Waals surface area contributed by atoms with Crippen LogP contribution in [-0.4, -0.2) is 53.3 Å². The second kappa shape index (κ2) is 7.80. The zero-order valence-electron chi connectivity index (χ0n) is 13.7. The molecule has 0 unspecified atom stereocenters. The van der Waals surface area contributed by atoms with Crippen molar-refractivity contribution in [2.24, 2.45) is 0 Å². The normalized spacial score (nSPS) is 16.9. The van der Waals surface area contributed by atoms with E-state index in [1.165, 1.54) is 0 Å². The third-order valence-corrected chi connectivity index (χ3v) is 5.17. The Morgan fingerprint density at radius 3 is 2.59 bits per heavy atom. The minimum atomic E-state index is -1.32. The van der Waals surface area contributed by atoms with Crippen LogP contribution in [0, 0.1) is 0 Å². The van der Waals surface area contributed by atoms with Crippen molar-refractivity contribution in [3.63, 3.8) is 0 Å². The Bertz CT molecular complexity index is 991. The maximum atomic E-state index is 12.7. The molecule has 1 amide bonds. The number of hydrogen-bond acceptors (Lipinski definition) is 7. The van der Waals surface area contributed by atoms with Gasteiger partial charge in [-0.25, -0.2) is 4.79 Å². The van der Waals surface area contributed by atoms with Crippen molar-refractivity contribution in [2.75, 3.05) is 0 Å². The smallest absolute Gasteiger partial charge is 0.326 e. The number of thioether (sulfide) groups is 1. The summed E-state index contributed by atoms with van der Waals surface area (Å²) in [5, 5.41) is 18.2. The van der Waals surface area contributed by atoms with Crippen molar-refractivity contribution in [3.8, 4) is 0 Å². The summed E-state index contributed by atoms with van der Waals surface area (Å²) in [6.07, 6.45) is 4.14. The third kappa shape index (κ3) is 4.12. The molecule has 0 radical (unpaired) electrons. The van der Waals surface area contributed by atoms with Crippen LogP contribution in [-0.2, 0) is 14.4 Å². The number of fused-ring (bicyclic) bond motifs is 1. The molecule has 0 spiro atoms. The predicted molar refractivity (Wildman–Crippen MR) is 103 cm³/mol. The molecule has 1 fully saturated rings. The van der Waals surface area contributed by atoms with Gasteiger partial charge in [0, 0.05) is 18.8 Å². The molecular formula is C17H13N3O5S2. The van der Waals surface area contributed by atoms with E-state index in [4.69, 9.17) is 17.3 Å². The fourth-order valence-electron chi connectivity index (χ4n) is 2.59. The zero-order valence-corrected chi connectivity index (χ0v) is 15.4. The number of aliphatic carboxylic acids is 2. The van der Waals surface area contributed by atoms with E-state index in [1.807, 2.05) is 0 Å². The van der Waals surface area contributed by atoms with Gasteiger partial charge in [0.15, 0.2) is 0 Å². The van der Waals surface area contributed by atoms with Gasteiger partial charge < -0.3 is 10.2 Å². The van der Waals surface area contributed by atoms with Crippen LogP contribution in [0.2, 0.25) is 0 Å². The molecule has 2 aromatic rings. The van der Waals surface area contributed by atoms with Crippen LogP contribution in [0.1, 0.15) is 18.4 Å². The highest BCUT2D eigenvalue weighted by Crippen LogP contribution is 2.35. The maximum Gasteiger partial charge on any atom is 0.326 e. The molecule has 0 saturated carbocycles. The molecule has 8 nitrogen and oxygen atoms in total. The van der Waals surface area contributed by atoms with Gasteiger partial charge in [0.2, 0.25) is 0 Å². The first-order valence-electron chi connectivity index (χ1n) is 7.79. The number of hydrogen-bond donors (Lipinski definition) is 2. The summed E-state index contributed by atoms with van der Waals surface area (Å²) in [5.74, 6) is -2.99. The molecule has 27 heavy (non-hydrogen) atoms. The summed E-state index contributed by atoms with van der Waals surface area (Å²) in [5.41, 5.74) is 2.06. The highest BCUT2D eigenvalue weighted by molar-refractivity contribution is 8.26. The summed E-state index contributed by atoms with van der Waals surface area (Å²) < 4.78 is 0.0876. The molecule has 1 aliphatic rings. The largest absolute Gasteiger partial charge is 0.481 e. The molecule has 1 aromatic heterocycles. The summed E-state index contributed by atoms with van der Waals surface area (Å²) in [7, 11) is 0. The van der Waals surface area contributed by atoms with Gasteiger partial charge in [-0.3, -0.25) is 24.5 Å². The summed E-state index contributed by atoms with van der Waals surface area (Å²) in [4.78, 5) is 44.6. The average Bonchev–Trinajstić information content (AvgIpc) is 2.89. The summed E-state index contributed by atoms with van der Waals surface area (Å²) >= 11 is 6.14. The topological polar surface area (TPSA) is 121 Å². The minimum Gasteiger partial charge on any atom is -0.481 e. The van der Waals surface area contributed by atoms with Gasteiger partial charge >= 0.3 is 11.9 Å².